The number of aryl methyl sites for hydroxylation is 2. The predicted octanol–water partition coefficient (Wildman–Crippen LogP) is 2.37. The Kier molecular flexibility index (Phi) is 3.82. The fourth-order valence-electron chi connectivity index (χ4n) is 4.08. The SMILES string of the molecule is C=C1C2CN(C)C(C)CN2c2c(c(=O)n(C)c3nc(C)c(Cl)cc23)N1C. The molecule has 2 aromatic heterocycles. The van der Waals surface area contributed by atoms with E-state index in [1.807, 2.05) is 24.9 Å². The summed E-state index contributed by atoms with van der Waals surface area (Å²) in [6.07, 6.45) is 0. The highest BCUT2D eigenvalue weighted by Crippen LogP contribution is 2.43. The van der Waals surface area contributed by atoms with E-state index < -0.39 is 0 Å². The normalized spacial score (nSPS) is 23.4. The van der Waals surface area contributed by atoms with Crippen LogP contribution in [0.3, 0.4) is 0 Å². The van der Waals surface area contributed by atoms with Crippen LogP contribution in [-0.2, 0) is 7.05 Å². The molecule has 2 atom stereocenters. The van der Waals surface area contributed by atoms with E-state index in [0.29, 0.717) is 22.4 Å². The molecule has 6 nitrogen and oxygen atoms in total. The molecule has 1 fully saturated rings. The van der Waals surface area contributed by atoms with Gasteiger partial charge in [0.05, 0.1) is 22.4 Å². The van der Waals surface area contributed by atoms with Crippen molar-refractivity contribution in [3.8, 4) is 0 Å². The fraction of sp³-hybridized carbons (Fsp3) is 0.474. The number of nitrogens with zero attached hydrogens (tertiary/aromatic N) is 5. The molecule has 2 aliphatic heterocycles. The van der Waals surface area contributed by atoms with E-state index in [4.69, 9.17) is 11.6 Å². The molecule has 0 radical (unpaired) electrons. The van der Waals surface area contributed by atoms with Crippen LogP contribution in [-0.4, -0.2) is 53.7 Å². The highest BCUT2D eigenvalue weighted by molar-refractivity contribution is 6.32. The second-order valence-electron chi connectivity index (χ2n) is 7.50. The summed E-state index contributed by atoms with van der Waals surface area (Å²) in [6.45, 7) is 10.1. The van der Waals surface area contributed by atoms with Crippen molar-refractivity contribution in [2.24, 2.45) is 7.05 Å². The highest BCUT2D eigenvalue weighted by atomic mass is 35.5. The Labute approximate surface area is 158 Å². The van der Waals surface area contributed by atoms with Crippen LogP contribution in [0.25, 0.3) is 11.0 Å². The van der Waals surface area contributed by atoms with Crippen LogP contribution in [0.1, 0.15) is 12.6 Å². The average molecular weight is 374 g/mol. The second-order valence-corrected chi connectivity index (χ2v) is 7.90. The van der Waals surface area contributed by atoms with Gasteiger partial charge in [0.15, 0.2) is 0 Å². The zero-order valence-electron chi connectivity index (χ0n) is 15.9. The topological polar surface area (TPSA) is 44.6 Å². The fourth-order valence-corrected chi connectivity index (χ4v) is 4.23. The molecule has 2 aliphatic rings. The maximum absolute atomic E-state index is 13.2. The number of hydrogen-bond acceptors (Lipinski definition) is 5. The summed E-state index contributed by atoms with van der Waals surface area (Å²) in [7, 11) is 5.82. The van der Waals surface area contributed by atoms with Crippen molar-refractivity contribution in [1.29, 1.82) is 0 Å². The minimum absolute atomic E-state index is 0.0598. The molecule has 1 saturated heterocycles. The first-order valence-electron chi connectivity index (χ1n) is 8.81. The molecular formula is C19H24ClN5O. The zero-order valence-corrected chi connectivity index (χ0v) is 16.6. The lowest BCUT2D eigenvalue weighted by molar-refractivity contribution is 0.208. The number of hydrogen-bond donors (Lipinski definition) is 0. The van der Waals surface area contributed by atoms with Crippen molar-refractivity contribution < 1.29 is 0 Å². The average Bonchev–Trinajstić information content (AvgIpc) is 2.59. The van der Waals surface area contributed by atoms with Crippen LogP contribution in [0.4, 0.5) is 11.4 Å². The number of fused-ring (bicyclic) bond motifs is 5. The Hall–Kier alpha value is -2.05. The smallest absolute Gasteiger partial charge is 0.277 e. The monoisotopic (exact) mass is 373 g/mol. The molecule has 138 valence electrons. The van der Waals surface area contributed by atoms with Gasteiger partial charge in [0.2, 0.25) is 0 Å². The molecular weight excluding hydrogens is 350 g/mol. The van der Waals surface area contributed by atoms with Crippen LogP contribution in [0.15, 0.2) is 23.1 Å². The Morgan fingerprint density at radius 1 is 1.23 bits per heavy atom. The maximum Gasteiger partial charge on any atom is 0.277 e. The van der Waals surface area contributed by atoms with Crippen LogP contribution in [0, 0.1) is 6.92 Å². The summed E-state index contributed by atoms with van der Waals surface area (Å²) >= 11 is 6.41. The summed E-state index contributed by atoms with van der Waals surface area (Å²) in [5.41, 5.74) is 3.86. The van der Waals surface area contributed by atoms with Crippen molar-refractivity contribution in [3.05, 3.63) is 39.4 Å². The minimum Gasteiger partial charge on any atom is -0.358 e. The molecule has 0 aliphatic carbocycles. The summed E-state index contributed by atoms with van der Waals surface area (Å²) in [5.74, 6) is 0. The lowest BCUT2D eigenvalue weighted by Gasteiger charge is -2.51. The molecule has 0 N–H and O–H groups in total. The molecule has 4 rings (SSSR count). The molecule has 0 aromatic carbocycles. The third-order valence-electron chi connectivity index (χ3n) is 5.92. The van der Waals surface area contributed by atoms with Gasteiger partial charge in [-0.05, 0) is 27.0 Å². The predicted molar refractivity (Wildman–Crippen MR) is 108 cm³/mol. The van der Waals surface area contributed by atoms with Gasteiger partial charge >= 0.3 is 0 Å². The van der Waals surface area contributed by atoms with Gasteiger partial charge in [-0.25, -0.2) is 4.98 Å². The number of likely N-dealkylation sites (N-methyl/N-ethyl adjacent to an activating group) is 2. The lowest BCUT2D eigenvalue weighted by Crippen LogP contribution is -2.61. The minimum atomic E-state index is -0.0598. The van der Waals surface area contributed by atoms with Gasteiger partial charge in [0, 0.05) is 44.3 Å². The van der Waals surface area contributed by atoms with Gasteiger partial charge in [-0.1, -0.05) is 18.2 Å². The van der Waals surface area contributed by atoms with Crippen molar-refractivity contribution in [2.45, 2.75) is 25.9 Å². The van der Waals surface area contributed by atoms with Gasteiger partial charge in [0.25, 0.3) is 5.56 Å². The molecule has 0 amide bonds. The molecule has 0 bridgehead atoms. The molecule has 26 heavy (non-hydrogen) atoms. The maximum atomic E-state index is 13.2. The first-order valence-corrected chi connectivity index (χ1v) is 9.19. The number of halogens is 1. The van der Waals surface area contributed by atoms with E-state index in [-0.39, 0.29) is 11.6 Å². The van der Waals surface area contributed by atoms with Crippen LogP contribution < -0.4 is 15.4 Å². The third kappa shape index (κ3) is 2.21. The molecule has 4 heterocycles. The Morgan fingerprint density at radius 3 is 2.62 bits per heavy atom. The summed E-state index contributed by atoms with van der Waals surface area (Å²) in [5, 5.41) is 1.53. The number of anilines is 2. The largest absolute Gasteiger partial charge is 0.358 e. The van der Waals surface area contributed by atoms with Crippen molar-refractivity contribution in [1.82, 2.24) is 14.5 Å². The Morgan fingerprint density at radius 2 is 1.92 bits per heavy atom. The zero-order chi connectivity index (χ0) is 18.9. The van der Waals surface area contributed by atoms with E-state index >= 15 is 0 Å². The number of rotatable bonds is 0. The van der Waals surface area contributed by atoms with Crippen LogP contribution in [0.2, 0.25) is 5.02 Å². The van der Waals surface area contributed by atoms with Gasteiger partial charge < -0.3 is 9.80 Å². The summed E-state index contributed by atoms with van der Waals surface area (Å²) in [4.78, 5) is 24.4. The van der Waals surface area contributed by atoms with Gasteiger partial charge in [0.1, 0.15) is 11.3 Å². The number of piperazine rings is 1. The van der Waals surface area contributed by atoms with E-state index in [1.165, 1.54) is 0 Å². The summed E-state index contributed by atoms with van der Waals surface area (Å²) < 4.78 is 1.61. The van der Waals surface area contributed by atoms with Crippen molar-refractivity contribution >= 4 is 34.0 Å². The molecule has 0 spiro atoms. The molecule has 7 heteroatoms. The Bertz CT molecular complexity index is 998. The van der Waals surface area contributed by atoms with Gasteiger partial charge in [-0.3, -0.25) is 14.3 Å². The Balaban J connectivity index is 2.10. The standard InChI is InChI=1S/C19H24ClN5O/c1-10-8-25-15(9-22(10)4)12(3)23(5)17-16(25)13-7-14(20)11(2)21-18(13)24(6)19(17)26/h7,10,15H,3,8-9H2,1-2,4-6H3. The van der Waals surface area contributed by atoms with E-state index in [2.05, 4.69) is 35.3 Å². The second kappa shape index (κ2) is 5.72. The summed E-state index contributed by atoms with van der Waals surface area (Å²) in [6, 6.07) is 2.45. The van der Waals surface area contributed by atoms with E-state index in [0.717, 1.165) is 35.6 Å². The van der Waals surface area contributed by atoms with Crippen LogP contribution in [0.5, 0.6) is 0 Å². The number of aromatic nitrogens is 2. The van der Waals surface area contributed by atoms with Crippen molar-refractivity contribution in [3.63, 3.8) is 0 Å². The quantitative estimate of drug-likeness (QED) is 0.709. The van der Waals surface area contributed by atoms with E-state index in [9.17, 15) is 4.79 Å². The third-order valence-corrected chi connectivity index (χ3v) is 6.31. The number of pyridine rings is 2. The van der Waals surface area contributed by atoms with E-state index in [1.54, 1.807) is 11.6 Å². The lowest BCUT2D eigenvalue weighted by atomic mass is 9.98. The highest BCUT2D eigenvalue weighted by Gasteiger charge is 2.40. The first-order chi connectivity index (χ1) is 12.2. The van der Waals surface area contributed by atoms with Gasteiger partial charge in [-0.2, -0.15) is 0 Å². The molecule has 0 saturated carbocycles. The molecule has 2 aromatic rings. The first kappa shape index (κ1) is 17.4. The van der Waals surface area contributed by atoms with Crippen LogP contribution >= 0.6 is 11.6 Å². The van der Waals surface area contributed by atoms with Crippen molar-refractivity contribution in [2.75, 3.05) is 37.0 Å². The molecule has 2 unspecified atom stereocenters. The van der Waals surface area contributed by atoms with Gasteiger partial charge in [-0.15, -0.1) is 0 Å².